The van der Waals surface area contributed by atoms with Crippen LogP contribution in [0.4, 0.5) is 0 Å². The van der Waals surface area contributed by atoms with Crippen molar-refractivity contribution in [1.82, 2.24) is 10.2 Å². The van der Waals surface area contributed by atoms with Gasteiger partial charge >= 0.3 is 0 Å². The molecule has 0 aliphatic rings. The monoisotopic (exact) mass is 244 g/mol. The third kappa shape index (κ3) is 7.02. The van der Waals surface area contributed by atoms with E-state index in [1.54, 1.807) is 7.11 Å². The number of nitrogens with one attached hydrogen (secondary N) is 1. The number of ether oxygens (including phenoxy) is 1. The zero-order valence-electron chi connectivity index (χ0n) is 12.6. The Bertz CT molecular complexity index is 170. The highest BCUT2D eigenvalue weighted by Gasteiger charge is 2.19. The van der Waals surface area contributed by atoms with Crippen LogP contribution in [-0.2, 0) is 4.74 Å². The van der Waals surface area contributed by atoms with Crippen LogP contribution in [0.25, 0.3) is 0 Å². The molecule has 0 aromatic heterocycles. The van der Waals surface area contributed by atoms with E-state index < -0.39 is 0 Å². The van der Waals surface area contributed by atoms with Crippen LogP contribution in [0, 0.1) is 5.92 Å². The van der Waals surface area contributed by atoms with Gasteiger partial charge in [-0.3, -0.25) is 4.90 Å². The standard InChI is InChI=1S/C14H32N2O/c1-7-14(8-2)16(9-12(3)4)10-13(15-5)11-17-6/h12-15H,7-11H2,1-6H3. The molecule has 0 fully saturated rings. The first-order valence-electron chi connectivity index (χ1n) is 6.99. The second-order valence-electron chi connectivity index (χ2n) is 5.26. The fourth-order valence-electron chi connectivity index (χ4n) is 2.36. The summed E-state index contributed by atoms with van der Waals surface area (Å²) in [6, 6.07) is 1.13. The van der Waals surface area contributed by atoms with Gasteiger partial charge in [-0.15, -0.1) is 0 Å². The van der Waals surface area contributed by atoms with Gasteiger partial charge < -0.3 is 10.1 Å². The van der Waals surface area contributed by atoms with Gasteiger partial charge in [0, 0.05) is 32.3 Å². The number of methoxy groups -OCH3 is 1. The van der Waals surface area contributed by atoms with Gasteiger partial charge in [-0.05, 0) is 25.8 Å². The summed E-state index contributed by atoms with van der Waals surface area (Å²) in [5, 5.41) is 3.34. The quantitative estimate of drug-likeness (QED) is 0.638. The Labute approximate surface area is 108 Å². The van der Waals surface area contributed by atoms with E-state index in [1.807, 2.05) is 7.05 Å². The van der Waals surface area contributed by atoms with Gasteiger partial charge in [0.2, 0.25) is 0 Å². The van der Waals surface area contributed by atoms with Crippen LogP contribution in [-0.4, -0.2) is 50.8 Å². The molecule has 1 atom stereocenters. The van der Waals surface area contributed by atoms with E-state index in [4.69, 9.17) is 4.74 Å². The van der Waals surface area contributed by atoms with E-state index in [0.717, 1.165) is 19.1 Å². The minimum atomic E-state index is 0.430. The molecule has 0 spiro atoms. The normalized spacial score (nSPS) is 13.9. The third-order valence-corrected chi connectivity index (χ3v) is 3.29. The molecule has 0 saturated heterocycles. The van der Waals surface area contributed by atoms with E-state index in [2.05, 4.69) is 37.9 Å². The molecular formula is C14H32N2O. The average molecular weight is 244 g/mol. The van der Waals surface area contributed by atoms with E-state index in [-0.39, 0.29) is 0 Å². The summed E-state index contributed by atoms with van der Waals surface area (Å²) < 4.78 is 5.26. The molecule has 3 nitrogen and oxygen atoms in total. The summed E-state index contributed by atoms with van der Waals surface area (Å²) in [5.74, 6) is 0.718. The molecule has 0 aromatic carbocycles. The molecule has 104 valence electrons. The molecule has 0 heterocycles. The maximum Gasteiger partial charge on any atom is 0.0628 e. The van der Waals surface area contributed by atoms with Gasteiger partial charge in [0.1, 0.15) is 0 Å². The highest BCUT2D eigenvalue weighted by Crippen LogP contribution is 2.12. The minimum Gasteiger partial charge on any atom is -0.383 e. The van der Waals surface area contributed by atoms with Crippen LogP contribution in [0.3, 0.4) is 0 Å². The van der Waals surface area contributed by atoms with E-state index >= 15 is 0 Å². The Morgan fingerprint density at radius 2 is 1.71 bits per heavy atom. The molecule has 0 rings (SSSR count). The van der Waals surface area contributed by atoms with Crippen LogP contribution >= 0.6 is 0 Å². The second-order valence-corrected chi connectivity index (χ2v) is 5.26. The fraction of sp³-hybridized carbons (Fsp3) is 1.00. The number of rotatable bonds is 10. The zero-order valence-corrected chi connectivity index (χ0v) is 12.6. The van der Waals surface area contributed by atoms with Crippen LogP contribution in [0.2, 0.25) is 0 Å². The molecule has 0 saturated carbocycles. The summed E-state index contributed by atoms with van der Waals surface area (Å²) >= 11 is 0. The lowest BCUT2D eigenvalue weighted by Gasteiger charge is -2.34. The molecule has 0 bridgehead atoms. The van der Waals surface area contributed by atoms with Crippen molar-refractivity contribution in [2.45, 2.75) is 52.6 Å². The zero-order chi connectivity index (χ0) is 13.3. The predicted octanol–water partition coefficient (Wildman–Crippen LogP) is 2.37. The summed E-state index contributed by atoms with van der Waals surface area (Å²) in [6.07, 6.45) is 2.46. The summed E-state index contributed by atoms with van der Waals surface area (Å²) in [6.45, 7) is 12.2. The molecular weight excluding hydrogens is 212 g/mol. The van der Waals surface area contributed by atoms with Crippen molar-refractivity contribution < 1.29 is 4.74 Å². The van der Waals surface area contributed by atoms with E-state index in [1.165, 1.54) is 19.4 Å². The van der Waals surface area contributed by atoms with Gasteiger partial charge in [0.25, 0.3) is 0 Å². The first-order valence-corrected chi connectivity index (χ1v) is 6.99. The molecule has 1 unspecified atom stereocenters. The lowest BCUT2D eigenvalue weighted by atomic mass is 10.1. The van der Waals surface area contributed by atoms with Gasteiger partial charge in [0.15, 0.2) is 0 Å². The number of nitrogens with zero attached hydrogens (tertiary/aromatic N) is 1. The van der Waals surface area contributed by atoms with Crippen LogP contribution in [0.15, 0.2) is 0 Å². The van der Waals surface area contributed by atoms with Crippen molar-refractivity contribution in [2.75, 3.05) is 33.9 Å². The lowest BCUT2D eigenvalue weighted by molar-refractivity contribution is 0.109. The van der Waals surface area contributed by atoms with Crippen LogP contribution in [0.1, 0.15) is 40.5 Å². The molecule has 0 aliphatic heterocycles. The maximum absolute atomic E-state index is 5.26. The van der Waals surface area contributed by atoms with Gasteiger partial charge in [0.05, 0.1) is 6.61 Å². The van der Waals surface area contributed by atoms with E-state index in [0.29, 0.717) is 12.1 Å². The molecule has 0 aromatic rings. The van der Waals surface area contributed by atoms with Crippen molar-refractivity contribution in [1.29, 1.82) is 0 Å². The Morgan fingerprint density at radius 1 is 1.12 bits per heavy atom. The van der Waals surface area contributed by atoms with Gasteiger partial charge in [-0.25, -0.2) is 0 Å². The minimum absolute atomic E-state index is 0.430. The first-order chi connectivity index (χ1) is 8.08. The molecule has 17 heavy (non-hydrogen) atoms. The van der Waals surface area contributed by atoms with Crippen molar-refractivity contribution in [3.05, 3.63) is 0 Å². The second kappa shape index (κ2) is 9.86. The third-order valence-electron chi connectivity index (χ3n) is 3.29. The topological polar surface area (TPSA) is 24.5 Å². The molecule has 0 radical (unpaired) electrons. The van der Waals surface area contributed by atoms with Crippen LogP contribution < -0.4 is 5.32 Å². The maximum atomic E-state index is 5.26. The highest BCUT2D eigenvalue weighted by molar-refractivity contribution is 4.76. The Hall–Kier alpha value is -0.120. The summed E-state index contributed by atoms with van der Waals surface area (Å²) in [4.78, 5) is 2.62. The molecule has 0 aliphatic carbocycles. The van der Waals surface area contributed by atoms with Gasteiger partial charge in [-0.2, -0.15) is 0 Å². The Kier molecular flexibility index (Phi) is 9.79. The average Bonchev–Trinajstić information content (AvgIpc) is 2.29. The van der Waals surface area contributed by atoms with Crippen LogP contribution in [0.5, 0.6) is 0 Å². The fourth-order valence-corrected chi connectivity index (χ4v) is 2.36. The number of hydrogen-bond acceptors (Lipinski definition) is 3. The smallest absolute Gasteiger partial charge is 0.0628 e. The number of likely N-dealkylation sites (N-methyl/N-ethyl adjacent to an activating group) is 1. The largest absolute Gasteiger partial charge is 0.383 e. The Balaban J connectivity index is 4.43. The van der Waals surface area contributed by atoms with Crippen molar-refractivity contribution in [2.24, 2.45) is 5.92 Å². The predicted molar refractivity (Wildman–Crippen MR) is 75.5 cm³/mol. The number of hydrogen-bond donors (Lipinski definition) is 1. The lowest BCUT2D eigenvalue weighted by Crippen LogP contribution is -2.47. The van der Waals surface area contributed by atoms with Crippen molar-refractivity contribution in [3.8, 4) is 0 Å². The SMILES string of the molecule is CCC(CC)N(CC(C)C)CC(COC)NC. The summed E-state index contributed by atoms with van der Waals surface area (Å²) in [5.41, 5.74) is 0. The highest BCUT2D eigenvalue weighted by atomic mass is 16.5. The molecule has 1 N–H and O–H groups in total. The van der Waals surface area contributed by atoms with Gasteiger partial charge in [-0.1, -0.05) is 27.7 Å². The Morgan fingerprint density at radius 3 is 2.06 bits per heavy atom. The first kappa shape index (κ1) is 16.9. The summed E-state index contributed by atoms with van der Waals surface area (Å²) in [7, 11) is 3.79. The van der Waals surface area contributed by atoms with Crippen molar-refractivity contribution >= 4 is 0 Å². The molecule has 0 amide bonds. The van der Waals surface area contributed by atoms with E-state index in [9.17, 15) is 0 Å². The van der Waals surface area contributed by atoms with Crippen molar-refractivity contribution in [3.63, 3.8) is 0 Å². The molecule has 3 heteroatoms.